The molecule has 0 aromatic heterocycles. The first-order valence-corrected chi connectivity index (χ1v) is 9.34. The topological polar surface area (TPSA) is 77.8 Å². The van der Waals surface area contributed by atoms with Gasteiger partial charge >= 0.3 is 0 Å². The quantitative estimate of drug-likeness (QED) is 0.636. The Hall–Kier alpha value is -0.450. The van der Waals surface area contributed by atoms with Crippen LogP contribution in [0.1, 0.15) is 58.8 Å². The van der Waals surface area contributed by atoms with Gasteiger partial charge in [0.25, 0.3) is 0 Å². The minimum Gasteiger partial charge on any atom is -0.393 e. The van der Waals surface area contributed by atoms with E-state index < -0.39 is 6.10 Å². The number of hydrogen-bond donors (Lipinski definition) is 3. The molecule has 0 amide bonds. The van der Waals surface area contributed by atoms with Gasteiger partial charge in [0.2, 0.25) is 0 Å². The Morgan fingerprint density at radius 3 is 2.52 bits per heavy atom. The maximum atomic E-state index is 12.9. The Kier molecular flexibility index (Phi) is 3.51. The van der Waals surface area contributed by atoms with Crippen LogP contribution in [0.2, 0.25) is 0 Å². The molecular weight excluding hydrogens is 292 g/mol. The van der Waals surface area contributed by atoms with Crippen LogP contribution in [0.3, 0.4) is 0 Å². The van der Waals surface area contributed by atoms with Gasteiger partial charge in [-0.15, -0.1) is 0 Å². The zero-order valence-corrected chi connectivity index (χ0v) is 14.2. The van der Waals surface area contributed by atoms with Crippen molar-refractivity contribution in [1.29, 1.82) is 0 Å². The van der Waals surface area contributed by atoms with Crippen molar-refractivity contribution in [3.8, 4) is 0 Å². The third kappa shape index (κ3) is 2.04. The minimum absolute atomic E-state index is 0.0992. The molecule has 130 valence electrons. The average Bonchev–Trinajstić information content (AvgIpc) is 2.76. The second kappa shape index (κ2) is 5.03. The molecule has 4 fully saturated rings. The average molecular weight is 322 g/mol. The van der Waals surface area contributed by atoms with Gasteiger partial charge in [-0.05, 0) is 67.1 Å². The van der Waals surface area contributed by atoms with Crippen LogP contribution in [-0.4, -0.2) is 39.4 Å². The van der Waals surface area contributed by atoms with Gasteiger partial charge in [-0.2, -0.15) is 0 Å². The third-order valence-corrected chi connectivity index (χ3v) is 8.31. The van der Waals surface area contributed by atoms with E-state index in [1.165, 1.54) is 0 Å². The normalized spacial score (nSPS) is 59.2. The summed E-state index contributed by atoms with van der Waals surface area (Å²) in [5.74, 6) is 0.869. The summed E-state index contributed by atoms with van der Waals surface area (Å²) < 4.78 is 0. The lowest BCUT2D eigenvalue weighted by Gasteiger charge is -2.61. The van der Waals surface area contributed by atoms with Gasteiger partial charge < -0.3 is 15.3 Å². The van der Waals surface area contributed by atoms with Gasteiger partial charge in [0.05, 0.1) is 18.3 Å². The number of rotatable bonds is 0. The van der Waals surface area contributed by atoms with Gasteiger partial charge in [0, 0.05) is 12.3 Å². The van der Waals surface area contributed by atoms with Crippen molar-refractivity contribution < 1.29 is 20.1 Å². The Morgan fingerprint density at radius 2 is 1.78 bits per heavy atom. The molecule has 4 rings (SSSR count). The Morgan fingerprint density at radius 1 is 1.04 bits per heavy atom. The molecule has 0 aromatic carbocycles. The molecule has 0 aromatic rings. The summed E-state index contributed by atoms with van der Waals surface area (Å²) >= 11 is 0. The molecule has 0 spiro atoms. The van der Waals surface area contributed by atoms with Gasteiger partial charge in [-0.3, -0.25) is 4.79 Å². The number of aliphatic hydroxyl groups is 3. The predicted molar refractivity (Wildman–Crippen MR) is 85.5 cm³/mol. The van der Waals surface area contributed by atoms with Gasteiger partial charge in [0.1, 0.15) is 5.78 Å². The van der Waals surface area contributed by atoms with E-state index >= 15 is 0 Å². The van der Waals surface area contributed by atoms with Crippen LogP contribution in [0.5, 0.6) is 0 Å². The number of aliphatic hydroxyl groups excluding tert-OH is 3. The molecule has 23 heavy (non-hydrogen) atoms. The highest BCUT2D eigenvalue weighted by atomic mass is 16.3. The van der Waals surface area contributed by atoms with Crippen molar-refractivity contribution in [2.75, 3.05) is 0 Å². The lowest BCUT2D eigenvalue weighted by Crippen LogP contribution is -2.61. The summed E-state index contributed by atoms with van der Waals surface area (Å²) in [4.78, 5) is 12.9. The molecule has 4 aliphatic rings. The highest BCUT2D eigenvalue weighted by molar-refractivity contribution is 5.83. The fraction of sp³-hybridized carbons (Fsp3) is 0.947. The summed E-state index contributed by atoms with van der Waals surface area (Å²) in [6, 6.07) is 0. The van der Waals surface area contributed by atoms with E-state index in [2.05, 4.69) is 13.8 Å². The Bertz CT molecular complexity index is 519. The summed E-state index contributed by atoms with van der Waals surface area (Å²) in [5.41, 5.74) is -0.425. The van der Waals surface area contributed by atoms with E-state index in [0.29, 0.717) is 25.2 Å². The molecule has 4 heteroatoms. The van der Waals surface area contributed by atoms with Crippen molar-refractivity contribution in [2.24, 2.45) is 34.5 Å². The second-order valence-electron chi connectivity index (χ2n) is 9.32. The zero-order valence-electron chi connectivity index (χ0n) is 14.2. The molecule has 0 unspecified atom stereocenters. The Balaban J connectivity index is 1.73. The maximum Gasteiger partial charge on any atom is 0.136 e. The van der Waals surface area contributed by atoms with Crippen molar-refractivity contribution in [3.05, 3.63) is 0 Å². The maximum absolute atomic E-state index is 12.9. The van der Waals surface area contributed by atoms with E-state index in [0.717, 1.165) is 25.7 Å². The van der Waals surface area contributed by atoms with Crippen molar-refractivity contribution in [2.45, 2.75) is 77.1 Å². The lowest BCUT2D eigenvalue weighted by atomic mass is 9.44. The van der Waals surface area contributed by atoms with Gasteiger partial charge in [0.15, 0.2) is 0 Å². The van der Waals surface area contributed by atoms with Crippen molar-refractivity contribution in [1.82, 2.24) is 0 Å². The molecule has 0 radical (unpaired) electrons. The van der Waals surface area contributed by atoms with Crippen molar-refractivity contribution >= 4 is 5.78 Å². The summed E-state index contributed by atoms with van der Waals surface area (Å²) in [6.45, 7) is 4.29. The molecule has 4 saturated carbocycles. The predicted octanol–water partition coefficient (Wildman–Crippen LogP) is 1.90. The zero-order chi connectivity index (χ0) is 16.6. The first-order valence-electron chi connectivity index (χ1n) is 9.34. The standard InChI is InChI=1S/C19H30O4/c1-18-6-5-10(20)7-13(18)14(21)8-11-12-3-4-16(23)19(12,2)9-15(22)17(11)18/h10-13,15-17,20,22-23H,3-9H2,1-2H3/t10-,11+,12+,13-,15-,16+,17-,18+,19+/m1/s1. The first-order chi connectivity index (χ1) is 10.8. The molecule has 4 nitrogen and oxygen atoms in total. The molecule has 9 atom stereocenters. The first kappa shape index (κ1) is 16.0. The minimum atomic E-state index is -0.440. The van der Waals surface area contributed by atoms with E-state index in [9.17, 15) is 20.1 Å². The van der Waals surface area contributed by atoms with Crippen LogP contribution in [0, 0.1) is 34.5 Å². The van der Waals surface area contributed by atoms with Crippen LogP contribution < -0.4 is 0 Å². The van der Waals surface area contributed by atoms with Crippen LogP contribution >= 0.6 is 0 Å². The molecule has 0 saturated heterocycles. The largest absolute Gasteiger partial charge is 0.393 e. The SMILES string of the molecule is C[C@]12CC[C@@H](O)C[C@@H]1C(=O)C[C@@H]1[C@@H]2[C@H](O)C[C@]2(C)[C@@H](O)CC[C@@H]12. The number of ketones is 1. The number of fused-ring (bicyclic) bond motifs is 5. The van der Waals surface area contributed by atoms with Crippen LogP contribution in [0.25, 0.3) is 0 Å². The van der Waals surface area contributed by atoms with E-state index in [4.69, 9.17) is 0 Å². The van der Waals surface area contributed by atoms with E-state index in [1.54, 1.807) is 0 Å². The highest BCUT2D eigenvalue weighted by Gasteiger charge is 2.64. The summed E-state index contributed by atoms with van der Waals surface area (Å²) in [5, 5.41) is 31.5. The van der Waals surface area contributed by atoms with E-state index in [1.807, 2.05) is 0 Å². The fourth-order valence-corrected chi connectivity index (χ4v) is 7.13. The smallest absolute Gasteiger partial charge is 0.136 e. The number of Topliss-reactive ketones (excluding diaryl/α,β-unsaturated/α-hetero) is 1. The number of hydrogen-bond acceptors (Lipinski definition) is 4. The van der Waals surface area contributed by atoms with Crippen LogP contribution in [0.15, 0.2) is 0 Å². The molecule has 0 aliphatic heterocycles. The fourth-order valence-electron chi connectivity index (χ4n) is 7.13. The summed E-state index contributed by atoms with van der Waals surface area (Å²) in [6.07, 6.45) is 3.92. The number of carbonyl (C=O) groups excluding carboxylic acids is 1. The van der Waals surface area contributed by atoms with Crippen LogP contribution in [0.4, 0.5) is 0 Å². The van der Waals surface area contributed by atoms with Gasteiger partial charge in [-0.1, -0.05) is 13.8 Å². The molecule has 0 bridgehead atoms. The third-order valence-electron chi connectivity index (χ3n) is 8.31. The Labute approximate surface area is 138 Å². The second-order valence-corrected chi connectivity index (χ2v) is 9.32. The van der Waals surface area contributed by atoms with E-state index in [-0.39, 0.29) is 46.6 Å². The molecular formula is C19H30O4. The molecule has 0 heterocycles. The van der Waals surface area contributed by atoms with Crippen LogP contribution in [-0.2, 0) is 4.79 Å². The molecule has 3 N–H and O–H groups in total. The lowest BCUT2D eigenvalue weighted by molar-refractivity contribution is -0.187. The summed E-state index contributed by atoms with van der Waals surface area (Å²) in [7, 11) is 0. The number of carbonyl (C=O) groups is 1. The monoisotopic (exact) mass is 322 g/mol. The molecule has 4 aliphatic carbocycles. The van der Waals surface area contributed by atoms with Crippen molar-refractivity contribution in [3.63, 3.8) is 0 Å². The van der Waals surface area contributed by atoms with Gasteiger partial charge in [-0.25, -0.2) is 0 Å². The highest BCUT2D eigenvalue weighted by Crippen LogP contribution is 2.65.